The highest BCUT2D eigenvalue weighted by molar-refractivity contribution is 7.89. The van der Waals surface area contributed by atoms with Gasteiger partial charge in [-0.15, -0.1) is 0 Å². The maximum absolute atomic E-state index is 12.3. The van der Waals surface area contributed by atoms with E-state index in [0.717, 1.165) is 9.87 Å². The molecule has 2 aromatic rings. The van der Waals surface area contributed by atoms with Gasteiger partial charge in [0.1, 0.15) is 5.75 Å². The zero-order valence-electron chi connectivity index (χ0n) is 13.6. The molecule has 0 amide bonds. The number of hydrogen-bond donors (Lipinski definition) is 0. The molecule has 128 valence electrons. The lowest BCUT2D eigenvalue weighted by Crippen LogP contribution is -2.22. The molecule has 0 saturated carbocycles. The molecule has 24 heavy (non-hydrogen) atoms. The Morgan fingerprint density at radius 1 is 1.17 bits per heavy atom. The van der Waals surface area contributed by atoms with Crippen molar-refractivity contribution in [3.63, 3.8) is 0 Å². The van der Waals surface area contributed by atoms with E-state index in [1.807, 2.05) is 6.92 Å². The second-order valence-corrected chi connectivity index (χ2v) is 7.87. The molecule has 0 atom stereocenters. The first-order valence-corrected chi connectivity index (χ1v) is 9.10. The molecule has 0 aliphatic carbocycles. The molecule has 2 aromatic carbocycles. The fraction of sp³-hybridized carbons (Fsp3) is 0.235. The summed E-state index contributed by atoms with van der Waals surface area (Å²) < 4.78 is 30.7. The van der Waals surface area contributed by atoms with E-state index >= 15 is 0 Å². The highest BCUT2D eigenvalue weighted by Gasteiger charge is 2.19. The lowest BCUT2D eigenvalue weighted by Gasteiger charge is -2.12. The molecular weight excluding hydrogens is 350 g/mol. The lowest BCUT2D eigenvalue weighted by molar-refractivity contribution is 0.0734. The third-order valence-corrected chi connectivity index (χ3v) is 5.64. The summed E-state index contributed by atoms with van der Waals surface area (Å²) in [5.41, 5.74) is 1.02. The molecule has 0 aliphatic heterocycles. The SMILES string of the molecule is CCc1cc(OC(=O)c2cccc(S(=O)(=O)N(C)C)c2)ccc1Cl. The number of carbonyl (C=O) groups excluding carboxylic acids is 1. The van der Waals surface area contributed by atoms with Crippen molar-refractivity contribution in [1.82, 2.24) is 4.31 Å². The summed E-state index contributed by atoms with van der Waals surface area (Å²) in [7, 11) is -0.752. The summed E-state index contributed by atoms with van der Waals surface area (Å²) in [5.74, 6) is -0.266. The minimum absolute atomic E-state index is 0.0345. The molecule has 0 heterocycles. The maximum Gasteiger partial charge on any atom is 0.343 e. The van der Waals surface area contributed by atoms with Crippen LogP contribution in [-0.2, 0) is 16.4 Å². The third-order valence-electron chi connectivity index (χ3n) is 3.46. The first kappa shape index (κ1) is 18.4. The Morgan fingerprint density at radius 3 is 2.50 bits per heavy atom. The van der Waals surface area contributed by atoms with Gasteiger partial charge in [0.15, 0.2) is 0 Å². The number of ether oxygens (including phenoxy) is 1. The van der Waals surface area contributed by atoms with E-state index in [-0.39, 0.29) is 10.5 Å². The van der Waals surface area contributed by atoms with Crippen LogP contribution in [-0.4, -0.2) is 32.8 Å². The number of benzene rings is 2. The first-order valence-electron chi connectivity index (χ1n) is 7.29. The number of hydrogen-bond acceptors (Lipinski definition) is 4. The number of halogens is 1. The van der Waals surface area contributed by atoms with Gasteiger partial charge in [0.25, 0.3) is 0 Å². The molecule has 0 N–H and O–H groups in total. The van der Waals surface area contributed by atoms with Gasteiger partial charge < -0.3 is 4.74 Å². The van der Waals surface area contributed by atoms with Gasteiger partial charge in [-0.2, -0.15) is 0 Å². The molecular formula is C17H18ClNO4S. The summed E-state index contributed by atoms with van der Waals surface area (Å²) in [6, 6.07) is 10.7. The quantitative estimate of drug-likeness (QED) is 0.600. The van der Waals surface area contributed by atoms with E-state index in [2.05, 4.69) is 0 Å². The second kappa shape index (κ2) is 7.34. The fourth-order valence-corrected chi connectivity index (χ4v) is 3.25. The molecule has 0 aromatic heterocycles. The monoisotopic (exact) mass is 367 g/mol. The molecule has 5 nitrogen and oxygen atoms in total. The van der Waals surface area contributed by atoms with Crippen LogP contribution < -0.4 is 4.74 Å². The van der Waals surface area contributed by atoms with Gasteiger partial charge in [-0.3, -0.25) is 0 Å². The number of rotatable bonds is 5. The van der Waals surface area contributed by atoms with Crippen LogP contribution in [0, 0.1) is 0 Å². The Bertz CT molecular complexity index is 863. The van der Waals surface area contributed by atoms with Crippen molar-refractivity contribution in [2.24, 2.45) is 0 Å². The third kappa shape index (κ3) is 3.95. The molecule has 2 rings (SSSR count). The van der Waals surface area contributed by atoms with Crippen molar-refractivity contribution in [2.75, 3.05) is 14.1 Å². The molecule has 0 radical (unpaired) electrons. The van der Waals surface area contributed by atoms with E-state index in [0.29, 0.717) is 17.2 Å². The highest BCUT2D eigenvalue weighted by atomic mass is 35.5. The zero-order chi connectivity index (χ0) is 17.9. The van der Waals surface area contributed by atoms with E-state index in [4.69, 9.17) is 16.3 Å². The molecule has 7 heteroatoms. The largest absolute Gasteiger partial charge is 0.423 e. The predicted molar refractivity (Wildman–Crippen MR) is 93.1 cm³/mol. The van der Waals surface area contributed by atoms with E-state index in [1.165, 1.54) is 38.4 Å². The van der Waals surface area contributed by atoms with Gasteiger partial charge in [0.2, 0.25) is 10.0 Å². The molecule has 0 aliphatic rings. The second-order valence-electron chi connectivity index (χ2n) is 5.31. The molecule has 0 spiro atoms. The molecule has 0 fully saturated rings. The number of nitrogens with zero attached hydrogens (tertiary/aromatic N) is 1. The van der Waals surface area contributed by atoms with Crippen LogP contribution in [0.3, 0.4) is 0 Å². The van der Waals surface area contributed by atoms with Crippen LogP contribution in [0.25, 0.3) is 0 Å². The Labute approximate surface area is 146 Å². The molecule has 0 unspecified atom stereocenters. The van der Waals surface area contributed by atoms with E-state index in [1.54, 1.807) is 18.2 Å². The molecule has 0 bridgehead atoms. The first-order chi connectivity index (χ1) is 11.3. The Morgan fingerprint density at radius 2 is 1.88 bits per heavy atom. The Kier molecular flexibility index (Phi) is 5.64. The Hall–Kier alpha value is -1.89. The van der Waals surface area contributed by atoms with Gasteiger partial charge in [-0.1, -0.05) is 24.6 Å². The van der Waals surface area contributed by atoms with Crippen LogP contribution in [0.15, 0.2) is 47.4 Å². The fourth-order valence-electron chi connectivity index (χ4n) is 2.05. The predicted octanol–water partition coefficient (Wildman–Crippen LogP) is 3.37. The summed E-state index contributed by atoms with van der Waals surface area (Å²) in [6.45, 7) is 1.95. The smallest absolute Gasteiger partial charge is 0.343 e. The van der Waals surface area contributed by atoms with Crippen molar-refractivity contribution in [2.45, 2.75) is 18.2 Å². The lowest BCUT2D eigenvalue weighted by atomic mass is 10.1. The normalized spacial score (nSPS) is 11.5. The van der Waals surface area contributed by atoms with Crippen molar-refractivity contribution < 1.29 is 17.9 Å². The van der Waals surface area contributed by atoms with Crippen molar-refractivity contribution in [3.05, 3.63) is 58.6 Å². The summed E-state index contributed by atoms with van der Waals surface area (Å²) in [4.78, 5) is 12.3. The van der Waals surface area contributed by atoms with Gasteiger partial charge in [0, 0.05) is 19.1 Å². The highest BCUT2D eigenvalue weighted by Crippen LogP contribution is 2.23. The summed E-state index contributed by atoms with van der Waals surface area (Å²) in [6.07, 6.45) is 0.709. The topological polar surface area (TPSA) is 63.7 Å². The average Bonchev–Trinajstić information content (AvgIpc) is 2.56. The summed E-state index contributed by atoms with van der Waals surface area (Å²) >= 11 is 6.04. The zero-order valence-corrected chi connectivity index (χ0v) is 15.2. The van der Waals surface area contributed by atoms with Gasteiger partial charge in [-0.05, 0) is 48.4 Å². The Balaban J connectivity index is 2.28. The van der Waals surface area contributed by atoms with E-state index < -0.39 is 16.0 Å². The van der Waals surface area contributed by atoms with Crippen LogP contribution >= 0.6 is 11.6 Å². The van der Waals surface area contributed by atoms with Crippen LogP contribution in [0.5, 0.6) is 5.75 Å². The number of esters is 1. The van der Waals surface area contributed by atoms with Gasteiger partial charge in [-0.25, -0.2) is 17.5 Å². The number of carbonyl (C=O) groups is 1. The summed E-state index contributed by atoms with van der Waals surface area (Å²) in [5, 5.41) is 0.608. The van der Waals surface area contributed by atoms with Crippen molar-refractivity contribution in [3.8, 4) is 5.75 Å². The van der Waals surface area contributed by atoms with E-state index in [9.17, 15) is 13.2 Å². The van der Waals surface area contributed by atoms with Gasteiger partial charge >= 0.3 is 5.97 Å². The minimum Gasteiger partial charge on any atom is -0.423 e. The number of sulfonamides is 1. The van der Waals surface area contributed by atoms with Crippen LogP contribution in [0.4, 0.5) is 0 Å². The van der Waals surface area contributed by atoms with Crippen LogP contribution in [0.2, 0.25) is 5.02 Å². The molecule has 0 saturated heterocycles. The standard InChI is InChI=1S/C17H18ClNO4S/c1-4-12-10-14(8-9-16(12)18)23-17(20)13-6-5-7-15(11-13)24(21,22)19(2)3/h5-11H,4H2,1-3H3. The van der Waals surface area contributed by atoms with Gasteiger partial charge in [0.05, 0.1) is 10.5 Å². The minimum atomic E-state index is -3.61. The average molecular weight is 368 g/mol. The maximum atomic E-state index is 12.3. The van der Waals surface area contributed by atoms with Crippen molar-refractivity contribution in [1.29, 1.82) is 0 Å². The van der Waals surface area contributed by atoms with Crippen molar-refractivity contribution >= 4 is 27.6 Å². The number of aryl methyl sites for hydroxylation is 1. The van der Waals surface area contributed by atoms with Crippen LogP contribution in [0.1, 0.15) is 22.8 Å².